The molecule has 0 N–H and O–H groups in total. The van der Waals surface area contributed by atoms with Gasteiger partial charge in [-0.25, -0.2) is 0 Å². The van der Waals surface area contributed by atoms with Crippen LogP contribution >= 0.6 is 11.8 Å². The predicted octanol–water partition coefficient (Wildman–Crippen LogP) is 7.20. The van der Waals surface area contributed by atoms with Crippen molar-refractivity contribution in [2.75, 3.05) is 5.75 Å². The third-order valence-electron chi connectivity index (χ3n) is 3.55. The van der Waals surface area contributed by atoms with Crippen LogP contribution in [0.4, 0.5) is 0 Å². The summed E-state index contributed by atoms with van der Waals surface area (Å²) in [6.45, 7) is 8.84. The summed E-state index contributed by atoms with van der Waals surface area (Å²) in [5.74, 6) is 1.07. The highest BCUT2D eigenvalue weighted by molar-refractivity contribution is 7.99. The normalized spacial score (nSPS) is 12.4. The zero-order valence-corrected chi connectivity index (χ0v) is 15.4. The first-order chi connectivity index (χ1) is 10.6. The number of rotatable bonds is 9. The summed E-state index contributed by atoms with van der Waals surface area (Å²) in [6, 6.07) is 10.6. The Labute approximate surface area is 141 Å². The first kappa shape index (κ1) is 18.8. The molecule has 0 atom stereocenters. The highest BCUT2D eigenvalue weighted by atomic mass is 32.2. The third-order valence-corrected chi connectivity index (χ3v) is 4.49. The van der Waals surface area contributed by atoms with Gasteiger partial charge < -0.3 is 0 Å². The van der Waals surface area contributed by atoms with Crippen molar-refractivity contribution in [2.45, 2.75) is 58.3 Å². The van der Waals surface area contributed by atoms with Gasteiger partial charge in [-0.15, -0.1) is 11.8 Å². The van der Waals surface area contributed by atoms with E-state index in [2.05, 4.69) is 76.3 Å². The Morgan fingerprint density at radius 3 is 2.05 bits per heavy atom. The summed E-state index contributed by atoms with van der Waals surface area (Å²) in [6.07, 6.45) is 11.8. The van der Waals surface area contributed by atoms with Gasteiger partial charge in [0.25, 0.3) is 0 Å². The number of hydrogen-bond donors (Lipinski definition) is 0. The average Bonchev–Trinajstić information content (AvgIpc) is 2.48. The van der Waals surface area contributed by atoms with Crippen LogP contribution in [-0.4, -0.2) is 5.75 Å². The van der Waals surface area contributed by atoms with Gasteiger partial charge in [0.05, 0.1) is 0 Å². The van der Waals surface area contributed by atoms with Crippen LogP contribution in [0.1, 0.15) is 53.4 Å². The first-order valence-corrected chi connectivity index (χ1v) is 9.19. The molecule has 0 saturated heterocycles. The molecule has 1 heteroatoms. The van der Waals surface area contributed by atoms with Crippen molar-refractivity contribution in [1.29, 1.82) is 0 Å². The molecule has 1 rings (SSSR count). The molecule has 0 spiro atoms. The second-order valence-corrected chi connectivity index (χ2v) is 7.18. The molecule has 1 aromatic rings. The van der Waals surface area contributed by atoms with Gasteiger partial charge in [0.2, 0.25) is 0 Å². The van der Waals surface area contributed by atoms with E-state index in [1.54, 1.807) is 0 Å². The maximum atomic E-state index is 2.40. The smallest absolute Gasteiger partial charge is 0.0163 e. The van der Waals surface area contributed by atoms with Gasteiger partial charge in [-0.1, -0.05) is 53.1 Å². The van der Waals surface area contributed by atoms with Crippen molar-refractivity contribution in [3.63, 3.8) is 0 Å². The van der Waals surface area contributed by atoms with Gasteiger partial charge in [0.15, 0.2) is 0 Å². The number of allylic oxidation sites excluding steroid dienone is 5. The number of thioether (sulfide) groups is 1. The topological polar surface area (TPSA) is 0 Å². The van der Waals surface area contributed by atoms with E-state index in [1.807, 2.05) is 11.8 Å². The lowest BCUT2D eigenvalue weighted by molar-refractivity contribution is 0.917. The van der Waals surface area contributed by atoms with Gasteiger partial charge >= 0.3 is 0 Å². The Morgan fingerprint density at radius 2 is 1.41 bits per heavy atom. The molecule has 0 unspecified atom stereocenters. The molecular formula is C21H30S. The van der Waals surface area contributed by atoms with Crippen LogP contribution in [0.25, 0.3) is 0 Å². The van der Waals surface area contributed by atoms with Crippen LogP contribution in [0.15, 0.2) is 70.2 Å². The molecule has 0 fully saturated rings. The summed E-state index contributed by atoms with van der Waals surface area (Å²) in [4.78, 5) is 1.35. The molecule has 22 heavy (non-hydrogen) atoms. The standard InChI is InChI=1S/C21H30S/c1-18(2)10-8-11-19(3)12-9-13-20(4)16-17-22-21-14-6-5-7-15-21/h5-7,10,12,14-16H,8-9,11,13,17H2,1-4H3/b19-12+,20-16+. The second kappa shape index (κ2) is 11.4. The molecular weight excluding hydrogens is 284 g/mol. The summed E-state index contributed by atoms with van der Waals surface area (Å²) >= 11 is 1.90. The zero-order valence-electron chi connectivity index (χ0n) is 14.6. The molecule has 0 aliphatic rings. The lowest BCUT2D eigenvalue weighted by atomic mass is 10.1. The van der Waals surface area contributed by atoms with Crippen LogP contribution in [0.5, 0.6) is 0 Å². The van der Waals surface area contributed by atoms with Crippen LogP contribution in [0.2, 0.25) is 0 Å². The number of hydrogen-bond acceptors (Lipinski definition) is 1. The Kier molecular flexibility index (Phi) is 9.74. The van der Waals surface area contributed by atoms with Gasteiger partial charge in [0, 0.05) is 10.6 Å². The fourth-order valence-corrected chi connectivity index (χ4v) is 3.05. The molecule has 0 saturated carbocycles. The van der Waals surface area contributed by atoms with Crippen molar-refractivity contribution >= 4 is 11.8 Å². The second-order valence-electron chi connectivity index (χ2n) is 6.08. The van der Waals surface area contributed by atoms with Crippen LogP contribution in [0, 0.1) is 0 Å². The quantitative estimate of drug-likeness (QED) is 0.343. The lowest BCUT2D eigenvalue weighted by Crippen LogP contribution is -1.82. The summed E-state index contributed by atoms with van der Waals surface area (Å²) < 4.78 is 0. The molecule has 1 aromatic carbocycles. The molecule has 0 bridgehead atoms. The Balaban J connectivity index is 2.22. The summed E-state index contributed by atoms with van der Waals surface area (Å²) in [5, 5.41) is 0. The molecule has 120 valence electrons. The minimum absolute atomic E-state index is 1.07. The molecule has 0 radical (unpaired) electrons. The number of benzene rings is 1. The van der Waals surface area contributed by atoms with Crippen LogP contribution in [-0.2, 0) is 0 Å². The molecule has 0 aromatic heterocycles. The van der Waals surface area contributed by atoms with E-state index in [9.17, 15) is 0 Å². The van der Waals surface area contributed by atoms with Crippen LogP contribution in [0.3, 0.4) is 0 Å². The largest absolute Gasteiger partial charge is 0.122 e. The van der Waals surface area contributed by atoms with E-state index < -0.39 is 0 Å². The van der Waals surface area contributed by atoms with Crippen molar-refractivity contribution in [3.05, 3.63) is 65.3 Å². The van der Waals surface area contributed by atoms with Crippen LogP contribution < -0.4 is 0 Å². The van der Waals surface area contributed by atoms with E-state index >= 15 is 0 Å². The highest BCUT2D eigenvalue weighted by Gasteiger charge is 1.93. The Bertz CT molecular complexity index is 502. The minimum Gasteiger partial charge on any atom is -0.122 e. The lowest BCUT2D eigenvalue weighted by Gasteiger charge is -2.02. The van der Waals surface area contributed by atoms with Crippen molar-refractivity contribution < 1.29 is 0 Å². The summed E-state index contributed by atoms with van der Waals surface area (Å²) in [7, 11) is 0. The fraction of sp³-hybridized carbons (Fsp3) is 0.429. The molecule has 0 aliphatic heterocycles. The molecule has 0 nitrogen and oxygen atoms in total. The van der Waals surface area contributed by atoms with E-state index in [-0.39, 0.29) is 0 Å². The monoisotopic (exact) mass is 314 g/mol. The van der Waals surface area contributed by atoms with E-state index in [0.717, 1.165) is 5.75 Å². The maximum Gasteiger partial charge on any atom is 0.0163 e. The highest BCUT2D eigenvalue weighted by Crippen LogP contribution is 2.18. The van der Waals surface area contributed by atoms with Crippen molar-refractivity contribution in [2.24, 2.45) is 0 Å². The molecule has 0 heterocycles. The van der Waals surface area contributed by atoms with E-state index in [4.69, 9.17) is 0 Å². The SMILES string of the molecule is CC(C)=CCC/C(C)=C/CC/C(C)=C/CSc1ccccc1. The third kappa shape index (κ3) is 9.68. The maximum absolute atomic E-state index is 2.40. The predicted molar refractivity (Wildman–Crippen MR) is 103 cm³/mol. The summed E-state index contributed by atoms with van der Waals surface area (Å²) in [5.41, 5.74) is 4.43. The fourth-order valence-electron chi connectivity index (χ4n) is 2.14. The molecule has 0 aliphatic carbocycles. The zero-order chi connectivity index (χ0) is 16.2. The first-order valence-electron chi connectivity index (χ1n) is 8.20. The van der Waals surface area contributed by atoms with E-state index in [1.165, 1.54) is 47.3 Å². The van der Waals surface area contributed by atoms with Crippen molar-refractivity contribution in [3.8, 4) is 0 Å². The van der Waals surface area contributed by atoms with Gasteiger partial charge in [-0.05, 0) is 65.5 Å². The average molecular weight is 315 g/mol. The molecule has 0 amide bonds. The van der Waals surface area contributed by atoms with Crippen molar-refractivity contribution in [1.82, 2.24) is 0 Å². The van der Waals surface area contributed by atoms with E-state index in [0.29, 0.717) is 0 Å². The minimum atomic E-state index is 1.07. The Hall–Kier alpha value is -1.21. The van der Waals surface area contributed by atoms with Gasteiger partial charge in [0.1, 0.15) is 0 Å². The van der Waals surface area contributed by atoms with Gasteiger partial charge in [-0.3, -0.25) is 0 Å². The van der Waals surface area contributed by atoms with Gasteiger partial charge in [-0.2, -0.15) is 0 Å². The Morgan fingerprint density at radius 1 is 0.818 bits per heavy atom.